The lowest BCUT2D eigenvalue weighted by Gasteiger charge is -2.08. The number of imidazole rings is 1. The first-order valence-corrected chi connectivity index (χ1v) is 11.5. The monoisotopic (exact) mass is 501 g/mol. The summed E-state index contributed by atoms with van der Waals surface area (Å²) in [6, 6.07) is 15.9. The molecule has 4 rings (SSSR count). The summed E-state index contributed by atoms with van der Waals surface area (Å²) in [6.45, 7) is 8.70. The maximum Gasteiger partial charge on any atom is 0.312 e. The van der Waals surface area contributed by atoms with Gasteiger partial charge in [0, 0.05) is 26.1 Å². The Hall–Kier alpha value is -3.40. The number of aryl methyl sites for hydroxylation is 4. The maximum atomic E-state index is 10.7. The number of urea groups is 1. The Morgan fingerprint density at radius 2 is 1.66 bits per heavy atom. The number of thiol groups is 1. The molecule has 4 aromatic rings. The second-order valence-corrected chi connectivity index (χ2v) is 8.51. The van der Waals surface area contributed by atoms with Crippen LogP contribution in [0.3, 0.4) is 0 Å². The SMILES string of the molecule is CCc1nc2c(C)nc(C)cn2c1-c1ccc(CCNC(N)=O)cc1.Cc1ccc(S)cc1.O.O.[HH].[HH]. The third kappa shape index (κ3) is 7.81. The van der Waals surface area contributed by atoms with E-state index in [1.165, 1.54) is 5.56 Å². The fourth-order valence-corrected chi connectivity index (χ4v) is 3.80. The molecule has 0 unspecified atom stereocenters. The fraction of sp³-hybridized carbons (Fsp3) is 0.269. The number of hydrogen-bond acceptors (Lipinski definition) is 4. The molecule has 0 saturated carbocycles. The first-order valence-electron chi connectivity index (χ1n) is 11.0. The molecule has 0 radical (unpaired) electrons. The Morgan fingerprint density at radius 3 is 2.20 bits per heavy atom. The van der Waals surface area contributed by atoms with Crippen LogP contribution < -0.4 is 11.1 Å². The van der Waals surface area contributed by atoms with E-state index in [0.29, 0.717) is 6.54 Å². The van der Waals surface area contributed by atoms with Gasteiger partial charge in [0.25, 0.3) is 0 Å². The molecule has 2 amide bonds. The van der Waals surface area contributed by atoms with Gasteiger partial charge in [0.15, 0.2) is 5.65 Å². The highest BCUT2D eigenvalue weighted by Gasteiger charge is 2.15. The molecule has 192 valence electrons. The Kier molecular flexibility index (Phi) is 11.4. The standard InChI is InChI=1S/C19H23N5O.C7H8S.2H2O.2H2/c1-4-16-17(24-11-12(2)22-13(3)18(24)23-16)15-7-5-14(6-8-15)9-10-21-19(20)25;1-6-2-4-7(8)5-3-6;;;;/h5-8,11H,4,9-10H2,1-3H3,(H3,20,21,25);2-5,8H,1H3;2*1H2;2*1H. The van der Waals surface area contributed by atoms with Crippen molar-refractivity contribution < 1.29 is 18.6 Å². The predicted octanol–water partition coefficient (Wildman–Crippen LogP) is 3.91. The number of aromatic nitrogens is 3. The quantitative estimate of drug-likeness (QED) is 0.356. The Bertz CT molecular complexity index is 1230. The smallest absolute Gasteiger partial charge is 0.312 e. The molecule has 2 aromatic carbocycles. The summed E-state index contributed by atoms with van der Waals surface area (Å²) >= 11 is 4.13. The minimum absolute atomic E-state index is 0. The number of rotatable bonds is 5. The number of nitrogens with zero attached hydrogens (tertiary/aromatic N) is 3. The topological polar surface area (TPSA) is 148 Å². The van der Waals surface area contributed by atoms with Gasteiger partial charge >= 0.3 is 6.03 Å². The highest BCUT2D eigenvalue weighted by Crippen LogP contribution is 2.27. The van der Waals surface area contributed by atoms with Gasteiger partial charge in [-0.05, 0) is 51.3 Å². The van der Waals surface area contributed by atoms with E-state index in [9.17, 15) is 4.79 Å². The van der Waals surface area contributed by atoms with Gasteiger partial charge in [-0.15, -0.1) is 12.6 Å². The number of carbonyl (C=O) groups is 1. The Labute approximate surface area is 214 Å². The van der Waals surface area contributed by atoms with E-state index in [1.807, 2.05) is 44.3 Å². The zero-order chi connectivity index (χ0) is 24.0. The van der Waals surface area contributed by atoms with E-state index in [-0.39, 0.29) is 13.8 Å². The second-order valence-electron chi connectivity index (χ2n) is 8.00. The minimum Gasteiger partial charge on any atom is -0.412 e. The summed E-state index contributed by atoms with van der Waals surface area (Å²) in [4.78, 5) is 21.1. The first kappa shape index (κ1) is 29.6. The third-order valence-electron chi connectivity index (χ3n) is 5.28. The van der Waals surface area contributed by atoms with Crippen molar-refractivity contribution in [3.63, 3.8) is 0 Å². The molecule has 2 aromatic heterocycles. The summed E-state index contributed by atoms with van der Waals surface area (Å²) in [5.41, 5.74) is 13.7. The van der Waals surface area contributed by atoms with Crippen LogP contribution in [0.15, 0.2) is 59.6 Å². The molecule has 0 aliphatic rings. The van der Waals surface area contributed by atoms with Crippen LogP contribution in [0.1, 0.15) is 38.0 Å². The fourth-order valence-electron chi connectivity index (χ4n) is 3.65. The van der Waals surface area contributed by atoms with Crippen LogP contribution in [0.4, 0.5) is 4.79 Å². The molecule has 0 aliphatic heterocycles. The number of hydrogen-bond donors (Lipinski definition) is 3. The number of fused-ring (bicyclic) bond motifs is 1. The van der Waals surface area contributed by atoms with Crippen molar-refractivity contribution in [2.45, 2.75) is 45.4 Å². The van der Waals surface area contributed by atoms with Crippen molar-refractivity contribution in [3.8, 4) is 11.3 Å². The first-order chi connectivity index (χ1) is 15.8. The van der Waals surface area contributed by atoms with Gasteiger partial charge in [-0.2, -0.15) is 0 Å². The lowest BCUT2D eigenvalue weighted by Crippen LogP contribution is -2.30. The summed E-state index contributed by atoms with van der Waals surface area (Å²) in [5, 5.41) is 2.61. The molecule has 0 aliphatic carbocycles. The number of amides is 2. The van der Waals surface area contributed by atoms with Crippen LogP contribution in [0.25, 0.3) is 16.9 Å². The van der Waals surface area contributed by atoms with E-state index in [0.717, 1.165) is 57.3 Å². The molecule has 9 heteroatoms. The molecule has 35 heavy (non-hydrogen) atoms. The van der Waals surface area contributed by atoms with Crippen molar-refractivity contribution in [2.75, 3.05) is 6.54 Å². The summed E-state index contributed by atoms with van der Waals surface area (Å²) in [6.07, 6.45) is 3.65. The molecule has 0 bridgehead atoms. The van der Waals surface area contributed by atoms with E-state index in [4.69, 9.17) is 10.7 Å². The highest BCUT2D eigenvalue weighted by molar-refractivity contribution is 7.80. The number of primary amides is 1. The van der Waals surface area contributed by atoms with Crippen molar-refractivity contribution in [2.24, 2.45) is 5.73 Å². The molecule has 0 atom stereocenters. The molecule has 0 saturated heterocycles. The van der Waals surface area contributed by atoms with Gasteiger partial charge in [-0.25, -0.2) is 9.78 Å². The molecule has 8 nitrogen and oxygen atoms in total. The number of nitrogens with one attached hydrogen (secondary N) is 1. The van der Waals surface area contributed by atoms with Gasteiger partial charge < -0.3 is 22.0 Å². The second kappa shape index (κ2) is 13.5. The average Bonchev–Trinajstić information content (AvgIpc) is 3.15. The summed E-state index contributed by atoms with van der Waals surface area (Å²) in [5.74, 6) is 0. The van der Waals surface area contributed by atoms with Gasteiger partial charge in [0.05, 0.1) is 22.8 Å². The lowest BCUT2D eigenvalue weighted by molar-refractivity contribution is 0.249. The number of nitrogens with two attached hydrogens (primary N) is 1. The number of carbonyl (C=O) groups excluding carboxylic acids is 1. The van der Waals surface area contributed by atoms with Crippen LogP contribution >= 0.6 is 12.6 Å². The van der Waals surface area contributed by atoms with E-state index in [2.05, 4.69) is 65.4 Å². The molecular weight excluding hydrogens is 462 g/mol. The molecule has 2 heterocycles. The van der Waals surface area contributed by atoms with Gasteiger partial charge in [-0.1, -0.05) is 48.9 Å². The zero-order valence-electron chi connectivity index (χ0n) is 20.6. The number of benzene rings is 2. The molecule has 0 spiro atoms. The summed E-state index contributed by atoms with van der Waals surface area (Å²) in [7, 11) is 0. The largest absolute Gasteiger partial charge is 0.412 e. The van der Waals surface area contributed by atoms with E-state index < -0.39 is 6.03 Å². The van der Waals surface area contributed by atoms with Crippen LogP contribution in [-0.4, -0.2) is 37.9 Å². The van der Waals surface area contributed by atoms with Gasteiger partial charge in [-0.3, -0.25) is 9.38 Å². The average molecular weight is 502 g/mol. The van der Waals surface area contributed by atoms with Crippen molar-refractivity contribution in [1.82, 2.24) is 19.7 Å². The summed E-state index contributed by atoms with van der Waals surface area (Å²) < 4.78 is 2.14. The van der Waals surface area contributed by atoms with E-state index in [1.54, 1.807) is 0 Å². The zero-order valence-corrected chi connectivity index (χ0v) is 21.5. The van der Waals surface area contributed by atoms with Crippen molar-refractivity contribution >= 4 is 24.3 Å². The normalized spacial score (nSPS) is 9.97. The van der Waals surface area contributed by atoms with E-state index >= 15 is 0 Å². The molecule has 0 fully saturated rings. The van der Waals surface area contributed by atoms with Gasteiger partial charge in [0.2, 0.25) is 0 Å². The minimum atomic E-state index is -0.491. The van der Waals surface area contributed by atoms with Crippen LogP contribution in [-0.2, 0) is 12.8 Å². The van der Waals surface area contributed by atoms with Crippen LogP contribution in [0, 0.1) is 20.8 Å². The maximum absolute atomic E-state index is 10.7. The molecule has 7 N–H and O–H groups in total. The predicted molar refractivity (Wildman–Crippen MR) is 148 cm³/mol. The Balaban J connectivity index is 0. The van der Waals surface area contributed by atoms with Crippen LogP contribution in [0.5, 0.6) is 0 Å². The molecular formula is C26H39N5O3S. The van der Waals surface area contributed by atoms with Gasteiger partial charge in [0.1, 0.15) is 0 Å². The lowest BCUT2D eigenvalue weighted by atomic mass is 10.0. The highest BCUT2D eigenvalue weighted by atomic mass is 32.1. The van der Waals surface area contributed by atoms with Crippen molar-refractivity contribution in [1.29, 1.82) is 0 Å². The van der Waals surface area contributed by atoms with Crippen LogP contribution in [0.2, 0.25) is 0 Å². The Morgan fingerprint density at radius 1 is 1.03 bits per heavy atom. The van der Waals surface area contributed by atoms with Crippen molar-refractivity contribution in [3.05, 3.63) is 82.9 Å². The third-order valence-corrected chi connectivity index (χ3v) is 5.57.